The molecule has 0 fully saturated rings. The number of aliphatic hydroxyl groups excluding tert-OH is 1. The number of nitro groups is 1. The van der Waals surface area contributed by atoms with Crippen LogP contribution in [0.25, 0.3) is 5.69 Å². The number of rotatable bonds is 4. The Morgan fingerprint density at radius 2 is 2.28 bits per heavy atom. The first-order valence-electron chi connectivity index (χ1n) is 5.08. The number of benzene rings is 1. The summed E-state index contributed by atoms with van der Waals surface area (Å²) in [6.07, 6.45) is 2.01. The second-order valence-electron chi connectivity index (χ2n) is 3.52. The summed E-state index contributed by atoms with van der Waals surface area (Å²) in [6, 6.07) is 4.09. The number of hydrogen-bond acceptors (Lipinski definition) is 5. The molecule has 0 aliphatic rings. The van der Waals surface area contributed by atoms with E-state index in [-0.39, 0.29) is 17.3 Å². The van der Waals surface area contributed by atoms with Gasteiger partial charge in [0.05, 0.1) is 27.5 Å². The Balaban J connectivity index is 2.35. The van der Waals surface area contributed by atoms with Crippen LogP contribution in [0.1, 0.15) is 5.69 Å². The van der Waals surface area contributed by atoms with Gasteiger partial charge in [0.1, 0.15) is 0 Å². The van der Waals surface area contributed by atoms with Crippen LogP contribution in [0.4, 0.5) is 5.69 Å². The summed E-state index contributed by atoms with van der Waals surface area (Å²) in [5, 5.41) is 27.2. The molecule has 8 heteroatoms. The van der Waals surface area contributed by atoms with Crippen LogP contribution < -0.4 is 0 Å². The third kappa shape index (κ3) is 2.47. The van der Waals surface area contributed by atoms with Crippen LogP contribution in [0, 0.1) is 10.1 Å². The molecule has 0 bridgehead atoms. The van der Waals surface area contributed by atoms with Crippen LogP contribution in [0.3, 0.4) is 0 Å². The highest BCUT2D eigenvalue weighted by Gasteiger charge is 2.12. The summed E-state index contributed by atoms with van der Waals surface area (Å²) in [5.41, 5.74) is 1.03. The third-order valence-electron chi connectivity index (χ3n) is 2.30. The molecule has 0 amide bonds. The van der Waals surface area contributed by atoms with Crippen molar-refractivity contribution in [3.63, 3.8) is 0 Å². The van der Waals surface area contributed by atoms with Crippen LogP contribution in [-0.4, -0.2) is 31.6 Å². The molecule has 0 saturated heterocycles. The minimum absolute atomic E-state index is 0.0211. The fraction of sp³-hybridized carbons (Fsp3) is 0.200. The zero-order chi connectivity index (χ0) is 13.1. The maximum absolute atomic E-state index is 10.6. The first-order chi connectivity index (χ1) is 8.61. The van der Waals surface area contributed by atoms with E-state index in [1.165, 1.54) is 22.9 Å². The number of nitrogens with zero attached hydrogens (tertiary/aromatic N) is 4. The maximum Gasteiger partial charge on any atom is 0.271 e. The second-order valence-corrected chi connectivity index (χ2v) is 3.93. The highest BCUT2D eigenvalue weighted by Crippen LogP contribution is 2.24. The topological polar surface area (TPSA) is 94.1 Å². The first kappa shape index (κ1) is 12.5. The van der Waals surface area contributed by atoms with Gasteiger partial charge in [-0.3, -0.25) is 10.1 Å². The zero-order valence-electron chi connectivity index (χ0n) is 9.15. The molecule has 1 aromatic heterocycles. The second kappa shape index (κ2) is 5.11. The molecule has 0 radical (unpaired) electrons. The van der Waals surface area contributed by atoms with E-state index in [0.29, 0.717) is 17.8 Å². The van der Waals surface area contributed by atoms with Gasteiger partial charge in [0.2, 0.25) is 0 Å². The van der Waals surface area contributed by atoms with E-state index in [1.807, 2.05) is 0 Å². The van der Waals surface area contributed by atoms with Crippen LogP contribution in [0.2, 0.25) is 5.02 Å². The maximum atomic E-state index is 10.6. The van der Waals surface area contributed by atoms with Crippen molar-refractivity contribution in [2.24, 2.45) is 0 Å². The lowest BCUT2D eigenvalue weighted by molar-refractivity contribution is -0.384. The summed E-state index contributed by atoms with van der Waals surface area (Å²) in [7, 11) is 0. The Labute approximate surface area is 107 Å². The molecule has 1 heterocycles. The summed E-state index contributed by atoms with van der Waals surface area (Å²) >= 11 is 5.95. The van der Waals surface area contributed by atoms with Gasteiger partial charge in [-0.05, 0) is 6.07 Å². The summed E-state index contributed by atoms with van der Waals surface area (Å²) in [4.78, 5) is 10.1. The monoisotopic (exact) mass is 268 g/mol. The zero-order valence-corrected chi connectivity index (χ0v) is 9.91. The SMILES string of the molecule is O=[N+]([O-])c1ccc(-n2cc(CCO)nn2)c(Cl)c1. The predicted octanol–water partition coefficient (Wildman–Crippen LogP) is 1.36. The van der Waals surface area contributed by atoms with Gasteiger partial charge >= 0.3 is 0 Å². The molecule has 0 unspecified atom stereocenters. The van der Waals surface area contributed by atoms with Crippen molar-refractivity contribution in [1.82, 2.24) is 15.0 Å². The van der Waals surface area contributed by atoms with Crippen LogP contribution in [-0.2, 0) is 6.42 Å². The number of hydrogen-bond donors (Lipinski definition) is 1. The smallest absolute Gasteiger partial charge is 0.271 e. The molecule has 2 aromatic rings. The number of non-ortho nitro benzene ring substituents is 1. The fourth-order valence-electron chi connectivity index (χ4n) is 1.44. The predicted molar refractivity (Wildman–Crippen MR) is 63.8 cm³/mol. The lowest BCUT2D eigenvalue weighted by Gasteiger charge is -2.02. The van der Waals surface area contributed by atoms with Crippen molar-refractivity contribution < 1.29 is 10.0 Å². The number of halogens is 1. The van der Waals surface area contributed by atoms with Gasteiger partial charge < -0.3 is 5.11 Å². The van der Waals surface area contributed by atoms with Gasteiger partial charge in [-0.2, -0.15) is 0 Å². The van der Waals surface area contributed by atoms with E-state index < -0.39 is 4.92 Å². The van der Waals surface area contributed by atoms with Crippen molar-refractivity contribution in [3.8, 4) is 5.69 Å². The van der Waals surface area contributed by atoms with Crippen molar-refractivity contribution in [2.45, 2.75) is 6.42 Å². The molecule has 0 saturated carbocycles. The van der Waals surface area contributed by atoms with E-state index in [9.17, 15) is 10.1 Å². The van der Waals surface area contributed by atoms with E-state index >= 15 is 0 Å². The van der Waals surface area contributed by atoms with Gasteiger partial charge in [0.15, 0.2) is 0 Å². The number of aromatic nitrogens is 3. The molecule has 0 aliphatic carbocycles. The lowest BCUT2D eigenvalue weighted by atomic mass is 10.3. The van der Waals surface area contributed by atoms with Crippen molar-refractivity contribution in [1.29, 1.82) is 0 Å². The Bertz CT molecular complexity index is 584. The highest BCUT2D eigenvalue weighted by molar-refractivity contribution is 6.32. The average molecular weight is 269 g/mol. The standard InChI is InChI=1S/C10H9ClN4O3/c11-9-5-8(15(17)18)1-2-10(9)14-6-7(3-4-16)12-13-14/h1-2,5-6,16H,3-4H2. The van der Waals surface area contributed by atoms with Crippen LogP contribution in [0.5, 0.6) is 0 Å². The molecule has 18 heavy (non-hydrogen) atoms. The Morgan fingerprint density at radius 3 is 2.89 bits per heavy atom. The fourth-order valence-corrected chi connectivity index (χ4v) is 1.70. The summed E-state index contributed by atoms with van der Waals surface area (Å²) in [5.74, 6) is 0. The largest absolute Gasteiger partial charge is 0.396 e. The number of aliphatic hydroxyl groups is 1. The van der Waals surface area contributed by atoms with Gasteiger partial charge in [0, 0.05) is 25.2 Å². The quantitative estimate of drug-likeness (QED) is 0.667. The van der Waals surface area contributed by atoms with Crippen molar-refractivity contribution in [2.75, 3.05) is 6.61 Å². The lowest BCUT2D eigenvalue weighted by Crippen LogP contribution is -1.97. The van der Waals surface area contributed by atoms with Crippen LogP contribution >= 0.6 is 11.6 Å². The van der Waals surface area contributed by atoms with Gasteiger partial charge in [-0.25, -0.2) is 4.68 Å². The average Bonchev–Trinajstić information content (AvgIpc) is 2.77. The molecule has 0 atom stereocenters. The Kier molecular flexibility index (Phi) is 3.54. The van der Waals surface area contributed by atoms with Gasteiger partial charge in [-0.15, -0.1) is 5.10 Å². The third-order valence-corrected chi connectivity index (χ3v) is 2.60. The first-order valence-corrected chi connectivity index (χ1v) is 5.46. The van der Waals surface area contributed by atoms with E-state index in [4.69, 9.17) is 16.7 Å². The minimum atomic E-state index is -0.520. The Morgan fingerprint density at radius 1 is 1.50 bits per heavy atom. The van der Waals surface area contributed by atoms with Gasteiger partial charge in [0.25, 0.3) is 5.69 Å². The number of nitro benzene ring substituents is 1. The van der Waals surface area contributed by atoms with E-state index in [0.717, 1.165) is 0 Å². The van der Waals surface area contributed by atoms with Gasteiger partial charge in [-0.1, -0.05) is 16.8 Å². The van der Waals surface area contributed by atoms with E-state index in [2.05, 4.69) is 10.3 Å². The molecule has 0 spiro atoms. The molecule has 7 nitrogen and oxygen atoms in total. The van der Waals surface area contributed by atoms with E-state index in [1.54, 1.807) is 6.20 Å². The van der Waals surface area contributed by atoms with Crippen LogP contribution in [0.15, 0.2) is 24.4 Å². The molecule has 1 aromatic carbocycles. The molecular weight excluding hydrogens is 260 g/mol. The summed E-state index contributed by atoms with van der Waals surface area (Å²) in [6.45, 7) is -0.0211. The Hall–Kier alpha value is -1.99. The molecule has 2 rings (SSSR count). The molecular formula is C10H9ClN4O3. The molecule has 94 valence electrons. The highest BCUT2D eigenvalue weighted by atomic mass is 35.5. The normalized spacial score (nSPS) is 10.6. The minimum Gasteiger partial charge on any atom is -0.396 e. The van der Waals surface area contributed by atoms with Crippen molar-refractivity contribution >= 4 is 17.3 Å². The molecule has 1 N–H and O–H groups in total. The van der Waals surface area contributed by atoms with Crippen molar-refractivity contribution in [3.05, 3.63) is 45.2 Å². The summed E-state index contributed by atoms with van der Waals surface area (Å²) < 4.78 is 1.41. The molecule has 0 aliphatic heterocycles.